The lowest BCUT2D eigenvalue weighted by molar-refractivity contribution is 0.103. The van der Waals surface area contributed by atoms with Crippen molar-refractivity contribution >= 4 is 29.0 Å². The van der Waals surface area contributed by atoms with E-state index in [1.807, 2.05) is 24.3 Å². The summed E-state index contributed by atoms with van der Waals surface area (Å²) in [6.07, 6.45) is 1.61. The molecule has 1 N–H and O–H groups in total. The van der Waals surface area contributed by atoms with E-state index in [0.717, 1.165) is 12.1 Å². The molecule has 31 heavy (non-hydrogen) atoms. The molecule has 1 aliphatic heterocycles. The van der Waals surface area contributed by atoms with Crippen molar-refractivity contribution in [3.63, 3.8) is 0 Å². The lowest BCUT2D eigenvalue weighted by atomic mass is 10.0. The fourth-order valence-electron chi connectivity index (χ4n) is 3.77. The fraction of sp³-hybridized carbons (Fsp3) is 0.208. The van der Waals surface area contributed by atoms with Crippen molar-refractivity contribution in [3.8, 4) is 0 Å². The van der Waals surface area contributed by atoms with Gasteiger partial charge in [0, 0.05) is 56.6 Å². The zero-order valence-electron chi connectivity index (χ0n) is 17.1. The van der Waals surface area contributed by atoms with Crippen molar-refractivity contribution in [2.24, 2.45) is 0 Å². The zero-order chi connectivity index (χ0) is 22.0. The molecule has 1 fully saturated rings. The summed E-state index contributed by atoms with van der Waals surface area (Å²) in [6, 6.07) is 14.4. The molecular weight excluding hydrogens is 415 g/mol. The minimum Gasteiger partial charge on any atom is -0.353 e. The van der Waals surface area contributed by atoms with Crippen LogP contribution in [0.15, 0.2) is 61.3 Å². The molecule has 0 spiro atoms. The molecule has 1 unspecified atom stereocenters. The summed E-state index contributed by atoms with van der Waals surface area (Å²) < 4.78 is 14.1. The second-order valence-corrected chi connectivity index (χ2v) is 7.88. The molecule has 2 aromatic heterocycles. The Kier molecular flexibility index (Phi) is 6.11. The molecular formula is C24H26ClFN4O. The summed E-state index contributed by atoms with van der Waals surface area (Å²) in [5.41, 5.74) is 2.18. The van der Waals surface area contributed by atoms with Crippen molar-refractivity contribution in [2.45, 2.75) is 13.0 Å². The molecule has 0 bridgehead atoms. The van der Waals surface area contributed by atoms with Gasteiger partial charge in [-0.15, -0.1) is 0 Å². The first-order valence-electron chi connectivity index (χ1n) is 10.00. The zero-order valence-corrected chi connectivity index (χ0v) is 17.9. The normalized spacial score (nSPS) is 16.2. The number of hydrogen-bond donors (Lipinski definition) is 1. The van der Waals surface area contributed by atoms with Gasteiger partial charge in [-0.25, -0.2) is 9.37 Å². The van der Waals surface area contributed by atoms with Gasteiger partial charge >= 0.3 is 0 Å². The first-order chi connectivity index (χ1) is 14.9. The SMILES string of the molecule is C=C(F)c1ccc(N2CCNC(c3cccc(Cl)c3)C2)nc1C(=O)c1cccnc1C.[HH].[HH]. The number of hydrogen-bond acceptors (Lipinski definition) is 5. The van der Waals surface area contributed by atoms with E-state index in [0.29, 0.717) is 35.2 Å². The third-order valence-corrected chi connectivity index (χ3v) is 5.62. The molecule has 7 heteroatoms. The Balaban J connectivity index is 0.00000193. The number of nitrogens with zero attached hydrogens (tertiary/aromatic N) is 3. The molecule has 0 saturated carbocycles. The van der Waals surface area contributed by atoms with Gasteiger partial charge in [-0.3, -0.25) is 9.78 Å². The summed E-state index contributed by atoms with van der Waals surface area (Å²) in [4.78, 5) is 24.0. The number of pyridine rings is 2. The highest BCUT2D eigenvalue weighted by molar-refractivity contribution is 6.30. The monoisotopic (exact) mass is 440 g/mol. The molecule has 1 aromatic carbocycles. The van der Waals surface area contributed by atoms with Crippen molar-refractivity contribution in [1.29, 1.82) is 0 Å². The van der Waals surface area contributed by atoms with E-state index in [4.69, 9.17) is 11.6 Å². The molecule has 4 rings (SSSR count). The van der Waals surface area contributed by atoms with Crippen LogP contribution >= 0.6 is 11.6 Å². The Morgan fingerprint density at radius 3 is 2.84 bits per heavy atom. The maximum Gasteiger partial charge on any atom is 0.213 e. The second-order valence-electron chi connectivity index (χ2n) is 7.44. The van der Waals surface area contributed by atoms with Crippen molar-refractivity contribution in [3.05, 3.63) is 94.4 Å². The third kappa shape index (κ3) is 4.50. The Labute approximate surface area is 188 Å². The van der Waals surface area contributed by atoms with Gasteiger partial charge in [-0.1, -0.05) is 30.3 Å². The molecule has 0 radical (unpaired) electrons. The van der Waals surface area contributed by atoms with Crippen LogP contribution < -0.4 is 10.2 Å². The third-order valence-electron chi connectivity index (χ3n) is 5.39. The van der Waals surface area contributed by atoms with Crippen molar-refractivity contribution < 1.29 is 12.0 Å². The van der Waals surface area contributed by atoms with E-state index in [2.05, 4.69) is 26.8 Å². The number of rotatable bonds is 5. The highest BCUT2D eigenvalue weighted by atomic mass is 35.5. The Bertz CT molecular complexity index is 1160. The van der Waals surface area contributed by atoms with E-state index in [1.54, 1.807) is 37.4 Å². The highest BCUT2D eigenvalue weighted by Gasteiger charge is 2.25. The molecule has 1 aliphatic rings. The summed E-state index contributed by atoms with van der Waals surface area (Å²) >= 11 is 6.15. The van der Waals surface area contributed by atoms with Crippen LogP contribution in [0.25, 0.3) is 5.83 Å². The van der Waals surface area contributed by atoms with Gasteiger partial charge in [0.1, 0.15) is 17.3 Å². The van der Waals surface area contributed by atoms with E-state index in [-0.39, 0.29) is 25.9 Å². The van der Waals surface area contributed by atoms with Gasteiger partial charge in [0.2, 0.25) is 5.78 Å². The van der Waals surface area contributed by atoms with Crippen LogP contribution in [0, 0.1) is 6.92 Å². The smallest absolute Gasteiger partial charge is 0.213 e. The topological polar surface area (TPSA) is 58.1 Å². The molecule has 3 aromatic rings. The van der Waals surface area contributed by atoms with Crippen LogP contribution in [-0.4, -0.2) is 35.4 Å². The molecule has 0 amide bonds. The fourth-order valence-corrected chi connectivity index (χ4v) is 3.97. The Morgan fingerprint density at radius 2 is 2.10 bits per heavy atom. The van der Waals surface area contributed by atoms with Gasteiger partial charge in [0.05, 0.1) is 0 Å². The first kappa shape index (κ1) is 21.2. The van der Waals surface area contributed by atoms with E-state index in [1.165, 1.54) is 0 Å². The number of nitrogens with one attached hydrogen (secondary N) is 1. The number of benzene rings is 1. The average molecular weight is 441 g/mol. The van der Waals surface area contributed by atoms with Crippen molar-refractivity contribution in [1.82, 2.24) is 15.3 Å². The van der Waals surface area contributed by atoms with Crippen LogP contribution in [-0.2, 0) is 0 Å². The molecule has 3 heterocycles. The van der Waals surface area contributed by atoms with Crippen LogP contribution in [0.2, 0.25) is 5.02 Å². The van der Waals surface area contributed by atoms with E-state index < -0.39 is 5.83 Å². The summed E-state index contributed by atoms with van der Waals surface area (Å²) in [5, 5.41) is 4.17. The minimum atomic E-state index is -0.693. The Hall–Kier alpha value is -3.09. The Morgan fingerprint density at radius 1 is 1.26 bits per heavy atom. The molecule has 1 atom stereocenters. The average Bonchev–Trinajstić information content (AvgIpc) is 2.78. The number of aromatic nitrogens is 2. The lowest BCUT2D eigenvalue weighted by Gasteiger charge is -2.35. The number of piperazine rings is 1. The number of halogens is 2. The predicted molar refractivity (Wildman–Crippen MR) is 125 cm³/mol. The molecule has 5 nitrogen and oxygen atoms in total. The predicted octanol–water partition coefficient (Wildman–Crippen LogP) is 5.25. The second kappa shape index (κ2) is 8.96. The number of carbonyl (C=O) groups excluding carboxylic acids is 1. The van der Waals surface area contributed by atoms with Crippen LogP contribution in [0.1, 0.15) is 41.8 Å². The summed E-state index contributed by atoms with van der Waals surface area (Å²) in [6.45, 7) is 7.21. The van der Waals surface area contributed by atoms with Gasteiger partial charge in [0.15, 0.2) is 0 Å². The van der Waals surface area contributed by atoms with Gasteiger partial charge in [-0.05, 0) is 48.9 Å². The number of ketones is 1. The first-order valence-corrected chi connectivity index (χ1v) is 10.4. The van der Waals surface area contributed by atoms with Crippen molar-refractivity contribution in [2.75, 3.05) is 24.5 Å². The highest BCUT2D eigenvalue weighted by Crippen LogP contribution is 2.27. The lowest BCUT2D eigenvalue weighted by Crippen LogP contribution is -2.46. The number of carbonyl (C=O) groups is 1. The number of aryl methyl sites for hydroxylation is 1. The van der Waals surface area contributed by atoms with Crippen LogP contribution in [0.3, 0.4) is 0 Å². The molecule has 0 aliphatic carbocycles. The maximum atomic E-state index is 14.1. The number of anilines is 1. The quantitative estimate of drug-likeness (QED) is 0.549. The summed E-state index contributed by atoms with van der Waals surface area (Å²) in [5.74, 6) is -0.452. The van der Waals surface area contributed by atoms with E-state index in [9.17, 15) is 9.18 Å². The standard InChI is InChI=1S/C24H22ClFN4O.2H2/c1-15(26)19-8-9-22(29-23(19)24(31)20-7-4-10-27-16(20)2)30-12-11-28-21(14-30)17-5-3-6-18(25)13-17;;/h3-10,13,21,28H,1,11-12,14H2,2H3;2*1H. The van der Waals surface area contributed by atoms with Gasteiger partial charge in [0.25, 0.3) is 0 Å². The van der Waals surface area contributed by atoms with Gasteiger partial charge in [-0.2, -0.15) is 0 Å². The van der Waals surface area contributed by atoms with Gasteiger partial charge < -0.3 is 10.2 Å². The molecule has 162 valence electrons. The maximum absolute atomic E-state index is 14.1. The minimum absolute atomic E-state index is 0. The summed E-state index contributed by atoms with van der Waals surface area (Å²) in [7, 11) is 0. The van der Waals surface area contributed by atoms with Crippen LogP contribution in [0.5, 0.6) is 0 Å². The molecule has 1 saturated heterocycles. The van der Waals surface area contributed by atoms with E-state index >= 15 is 0 Å². The van der Waals surface area contributed by atoms with Crippen LogP contribution in [0.4, 0.5) is 10.2 Å². The largest absolute Gasteiger partial charge is 0.353 e.